The molecule has 3 N–H and O–H groups in total. The summed E-state index contributed by atoms with van der Waals surface area (Å²) < 4.78 is 14.7. The lowest BCUT2D eigenvalue weighted by atomic mass is 10.0. The molecule has 180 valence electrons. The van der Waals surface area contributed by atoms with Gasteiger partial charge in [-0.2, -0.15) is 0 Å². The van der Waals surface area contributed by atoms with Crippen LogP contribution in [0.15, 0.2) is 60.8 Å². The van der Waals surface area contributed by atoms with Gasteiger partial charge in [0.05, 0.1) is 15.8 Å². The van der Waals surface area contributed by atoms with Crippen molar-refractivity contribution in [2.24, 2.45) is 5.92 Å². The van der Waals surface area contributed by atoms with Crippen molar-refractivity contribution in [1.29, 1.82) is 0 Å². The summed E-state index contributed by atoms with van der Waals surface area (Å²) in [5.41, 5.74) is 5.72. The van der Waals surface area contributed by atoms with Crippen molar-refractivity contribution in [2.75, 3.05) is 5.32 Å². The van der Waals surface area contributed by atoms with Gasteiger partial charge in [-0.3, -0.25) is 9.59 Å². The number of fused-ring (bicyclic) bond motifs is 2. The molecule has 5 aromatic rings. The zero-order chi connectivity index (χ0) is 24.8. The number of thiazole rings is 1. The Hall–Kier alpha value is -4.04. The Kier molecular flexibility index (Phi) is 5.53. The molecule has 0 unspecified atom stereocenters. The van der Waals surface area contributed by atoms with Crippen LogP contribution >= 0.6 is 11.3 Å². The van der Waals surface area contributed by atoms with Crippen LogP contribution in [0, 0.1) is 18.7 Å². The Morgan fingerprint density at radius 1 is 1.08 bits per heavy atom. The molecule has 0 saturated heterocycles. The molecule has 0 bridgehead atoms. The lowest BCUT2D eigenvalue weighted by Crippen LogP contribution is -2.22. The zero-order valence-corrected chi connectivity index (χ0v) is 20.3. The molecule has 2 aromatic heterocycles. The van der Waals surface area contributed by atoms with E-state index >= 15 is 0 Å². The molecule has 0 atom stereocenters. The van der Waals surface area contributed by atoms with Gasteiger partial charge in [-0.05, 0) is 78.4 Å². The number of nitrogens with one attached hydrogen (secondary N) is 3. The molecule has 1 aliphatic carbocycles. The van der Waals surface area contributed by atoms with E-state index in [2.05, 4.69) is 26.7 Å². The number of anilines is 1. The fraction of sp³-hybridized carbons (Fsp3) is 0.179. The van der Waals surface area contributed by atoms with E-state index < -0.39 is 0 Å². The highest BCUT2D eigenvalue weighted by Crippen LogP contribution is 2.34. The first kappa shape index (κ1) is 22.4. The molecular formula is C28H23FN4O2S. The average molecular weight is 499 g/mol. The first-order valence-corrected chi connectivity index (χ1v) is 12.6. The smallest absolute Gasteiger partial charge is 0.253 e. The first-order chi connectivity index (χ1) is 17.4. The standard InChI is InChI=1S/C28H23FN4O2S/c1-15-8-16(10-20(29)9-15)13-31-27(35)22-14-30-23-6-4-18(11-21(22)23)19-5-7-24-25(12-19)36-28(32-24)33-26(34)17-2-3-17/h4-12,14,17,30H,2-3,13H2,1H3,(H,31,35)(H,32,33,34). The average Bonchev–Trinajstić information content (AvgIpc) is 3.50. The number of aromatic amines is 1. The monoisotopic (exact) mass is 498 g/mol. The summed E-state index contributed by atoms with van der Waals surface area (Å²) in [4.78, 5) is 32.7. The third-order valence-corrected chi connectivity index (χ3v) is 7.31. The third kappa shape index (κ3) is 4.47. The first-order valence-electron chi connectivity index (χ1n) is 11.8. The Balaban J connectivity index is 1.25. The van der Waals surface area contributed by atoms with Gasteiger partial charge in [0.2, 0.25) is 5.91 Å². The molecule has 8 heteroatoms. The van der Waals surface area contributed by atoms with Crippen molar-refractivity contribution < 1.29 is 14.0 Å². The molecule has 2 heterocycles. The molecule has 1 aliphatic rings. The fourth-order valence-corrected chi connectivity index (χ4v) is 5.30. The van der Waals surface area contributed by atoms with Crippen LogP contribution in [0.4, 0.5) is 9.52 Å². The highest BCUT2D eigenvalue weighted by Gasteiger charge is 2.30. The van der Waals surface area contributed by atoms with Crippen LogP contribution in [0.1, 0.15) is 34.3 Å². The van der Waals surface area contributed by atoms with E-state index in [1.807, 2.05) is 43.3 Å². The predicted octanol–water partition coefficient (Wildman–Crippen LogP) is 6.17. The van der Waals surface area contributed by atoms with E-state index in [0.717, 1.165) is 50.7 Å². The summed E-state index contributed by atoms with van der Waals surface area (Å²) in [6.07, 6.45) is 3.60. The van der Waals surface area contributed by atoms with Gasteiger partial charge in [-0.1, -0.05) is 29.5 Å². The Bertz CT molecular complexity index is 1630. The van der Waals surface area contributed by atoms with Gasteiger partial charge < -0.3 is 15.6 Å². The summed E-state index contributed by atoms with van der Waals surface area (Å²) in [6.45, 7) is 2.07. The van der Waals surface area contributed by atoms with Gasteiger partial charge in [-0.25, -0.2) is 9.37 Å². The van der Waals surface area contributed by atoms with E-state index in [1.165, 1.54) is 23.5 Å². The molecule has 1 fully saturated rings. The van der Waals surface area contributed by atoms with E-state index in [9.17, 15) is 14.0 Å². The summed E-state index contributed by atoms with van der Waals surface area (Å²) in [5.74, 6) is -0.365. The normalized spacial score (nSPS) is 13.3. The topological polar surface area (TPSA) is 86.9 Å². The summed E-state index contributed by atoms with van der Waals surface area (Å²) in [5, 5.41) is 7.24. The Labute approximate surface area is 210 Å². The fourth-order valence-electron chi connectivity index (χ4n) is 4.39. The number of aromatic nitrogens is 2. The second-order valence-electron chi connectivity index (χ2n) is 9.25. The van der Waals surface area contributed by atoms with Gasteiger partial charge in [0, 0.05) is 29.6 Å². The van der Waals surface area contributed by atoms with Crippen LogP contribution < -0.4 is 10.6 Å². The van der Waals surface area contributed by atoms with Crippen molar-refractivity contribution in [3.05, 3.63) is 83.3 Å². The highest BCUT2D eigenvalue weighted by molar-refractivity contribution is 7.22. The molecule has 0 spiro atoms. The van der Waals surface area contributed by atoms with Gasteiger partial charge in [0.15, 0.2) is 5.13 Å². The summed E-state index contributed by atoms with van der Waals surface area (Å²) in [7, 11) is 0. The number of nitrogens with zero attached hydrogens (tertiary/aromatic N) is 1. The van der Waals surface area contributed by atoms with E-state index in [1.54, 1.807) is 6.20 Å². The van der Waals surface area contributed by atoms with Gasteiger partial charge >= 0.3 is 0 Å². The lowest BCUT2D eigenvalue weighted by molar-refractivity contribution is -0.117. The van der Waals surface area contributed by atoms with Crippen molar-refractivity contribution in [3.8, 4) is 11.1 Å². The zero-order valence-electron chi connectivity index (χ0n) is 19.5. The number of H-pyrrole nitrogens is 1. The molecule has 2 amide bonds. The number of rotatable bonds is 6. The van der Waals surface area contributed by atoms with Crippen molar-refractivity contribution >= 4 is 49.4 Å². The van der Waals surface area contributed by atoms with Crippen LogP contribution in [0.5, 0.6) is 0 Å². The quantitative estimate of drug-likeness (QED) is 0.262. The number of amides is 2. The molecule has 6 nitrogen and oxygen atoms in total. The van der Waals surface area contributed by atoms with Crippen LogP contribution in [-0.4, -0.2) is 21.8 Å². The maximum atomic E-state index is 13.7. The van der Waals surface area contributed by atoms with E-state index in [0.29, 0.717) is 16.3 Å². The number of carbonyl (C=O) groups is 2. The molecule has 6 rings (SSSR count). The second-order valence-corrected chi connectivity index (χ2v) is 10.3. The molecule has 3 aromatic carbocycles. The minimum Gasteiger partial charge on any atom is -0.360 e. The lowest BCUT2D eigenvalue weighted by Gasteiger charge is -2.07. The van der Waals surface area contributed by atoms with E-state index in [4.69, 9.17) is 0 Å². The van der Waals surface area contributed by atoms with Crippen molar-refractivity contribution in [3.63, 3.8) is 0 Å². The van der Waals surface area contributed by atoms with Crippen LogP contribution in [-0.2, 0) is 11.3 Å². The number of hydrogen-bond acceptors (Lipinski definition) is 4. The number of aryl methyl sites for hydroxylation is 1. The van der Waals surface area contributed by atoms with Crippen LogP contribution in [0.3, 0.4) is 0 Å². The Morgan fingerprint density at radius 2 is 1.89 bits per heavy atom. The maximum absolute atomic E-state index is 13.7. The summed E-state index contributed by atoms with van der Waals surface area (Å²) in [6, 6.07) is 16.7. The largest absolute Gasteiger partial charge is 0.360 e. The minimum atomic E-state index is -0.314. The Morgan fingerprint density at radius 3 is 2.69 bits per heavy atom. The van der Waals surface area contributed by atoms with Gasteiger partial charge in [-0.15, -0.1) is 0 Å². The van der Waals surface area contributed by atoms with Gasteiger partial charge in [0.25, 0.3) is 5.91 Å². The third-order valence-electron chi connectivity index (χ3n) is 6.38. The number of benzene rings is 3. The highest BCUT2D eigenvalue weighted by atomic mass is 32.1. The molecule has 36 heavy (non-hydrogen) atoms. The SMILES string of the molecule is Cc1cc(F)cc(CNC(=O)c2c[nH]c3ccc(-c4ccc5nc(NC(=O)C6CC6)sc5c4)cc23)c1. The molecule has 0 radical (unpaired) electrons. The van der Waals surface area contributed by atoms with Crippen molar-refractivity contribution in [1.82, 2.24) is 15.3 Å². The molecule has 1 saturated carbocycles. The maximum Gasteiger partial charge on any atom is 0.253 e. The molecular weight excluding hydrogens is 475 g/mol. The van der Waals surface area contributed by atoms with Crippen LogP contribution in [0.2, 0.25) is 0 Å². The van der Waals surface area contributed by atoms with E-state index in [-0.39, 0.29) is 30.1 Å². The predicted molar refractivity (Wildman–Crippen MR) is 141 cm³/mol. The van der Waals surface area contributed by atoms with Crippen molar-refractivity contribution in [2.45, 2.75) is 26.3 Å². The molecule has 0 aliphatic heterocycles. The summed E-state index contributed by atoms with van der Waals surface area (Å²) >= 11 is 1.46. The van der Waals surface area contributed by atoms with Gasteiger partial charge in [0.1, 0.15) is 5.82 Å². The van der Waals surface area contributed by atoms with Crippen LogP contribution in [0.25, 0.3) is 32.2 Å². The second kappa shape index (κ2) is 8.87. The number of halogens is 1. The minimum absolute atomic E-state index is 0.0468. The number of carbonyl (C=O) groups excluding carboxylic acids is 2. The number of hydrogen-bond donors (Lipinski definition) is 3.